The van der Waals surface area contributed by atoms with Crippen LogP contribution >= 0.6 is 15.9 Å². The normalized spacial score (nSPS) is 23.5. The quantitative estimate of drug-likeness (QED) is 0.700. The van der Waals surface area contributed by atoms with Gasteiger partial charge in [0.25, 0.3) is 0 Å². The molecule has 6 heteroatoms. The van der Waals surface area contributed by atoms with E-state index in [4.69, 9.17) is 14.0 Å². The van der Waals surface area contributed by atoms with Gasteiger partial charge in [0.2, 0.25) is 0 Å². The van der Waals surface area contributed by atoms with Crippen molar-refractivity contribution in [1.29, 1.82) is 0 Å². The lowest BCUT2D eigenvalue weighted by Crippen LogP contribution is -2.45. The SMILES string of the molecule is CC(C)(C)[Si](C)(C)OCC1ON=C2c3ccc(Br)cc3OCC21. The number of oxime groups is 1. The second-order valence-corrected chi connectivity index (χ2v) is 13.5. The molecule has 3 rings (SSSR count). The van der Waals surface area contributed by atoms with Crippen LogP contribution in [0.2, 0.25) is 18.1 Å². The molecule has 0 N–H and O–H groups in total. The van der Waals surface area contributed by atoms with Crippen molar-refractivity contribution in [1.82, 2.24) is 0 Å². The summed E-state index contributed by atoms with van der Waals surface area (Å²) in [6.45, 7) is 12.4. The molecule has 2 atom stereocenters. The number of rotatable bonds is 3. The van der Waals surface area contributed by atoms with Gasteiger partial charge in [-0.3, -0.25) is 0 Å². The molecule has 0 aromatic heterocycles. The summed E-state index contributed by atoms with van der Waals surface area (Å²) in [5.74, 6) is 1.01. The molecule has 2 aliphatic rings. The number of fused-ring (bicyclic) bond motifs is 3. The van der Waals surface area contributed by atoms with E-state index < -0.39 is 8.32 Å². The van der Waals surface area contributed by atoms with E-state index in [0.717, 1.165) is 21.5 Å². The summed E-state index contributed by atoms with van der Waals surface area (Å²) in [4.78, 5) is 5.69. The fourth-order valence-electron chi connectivity index (χ4n) is 2.54. The Bertz CT molecular complexity index is 639. The average molecular weight is 398 g/mol. The van der Waals surface area contributed by atoms with Crippen molar-refractivity contribution >= 4 is 30.0 Å². The lowest BCUT2D eigenvalue weighted by Gasteiger charge is -2.37. The summed E-state index contributed by atoms with van der Waals surface area (Å²) in [6, 6.07) is 6.02. The molecule has 2 heterocycles. The highest BCUT2D eigenvalue weighted by Gasteiger charge is 2.43. The van der Waals surface area contributed by atoms with Crippen LogP contribution in [0.3, 0.4) is 0 Å². The first-order valence-corrected chi connectivity index (χ1v) is 11.7. The van der Waals surface area contributed by atoms with E-state index in [1.54, 1.807) is 0 Å². The van der Waals surface area contributed by atoms with E-state index in [9.17, 15) is 0 Å². The van der Waals surface area contributed by atoms with Crippen LogP contribution in [0.25, 0.3) is 0 Å². The van der Waals surface area contributed by atoms with Crippen molar-refractivity contribution in [3.8, 4) is 5.75 Å². The van der Waals surface area contributed by atoms with Gasteiger partial charge in [-0.1, -0.05) is 41.9 Å². The molecule has 23 heavy (non-hydrogen) atoms. The van der Waals surface area contributed by atoms with Crippen LogP contribution in [0.1, 0.15) is 26.3 Å². The van der Waals surface area contributed by atoms with E-state index in [1.807, 2.05) is 18.2 Å². The van der Waals surface area contributed by atoms with Crippen molar-refractivity contribution in [3.63, 3.8) is 0 Å². The fourth-order valence-corrected chi connectivity index (χ4v) is 3.89. The molecular weight excluding hydrogens is 374 g/mol. The molecule has 2 unspecified atom stereocenters. The van der Waals surface area contributed by atoms with Crippen LogP contribution in [0, 0.1) is 5.92 Å². The second-order valence-electron chi connectivity index (χ2n) is 7.75. The summed E-state index contributed by atoms with van der Waals surface area (Å²) < 4.78 is 13.2. The third kappa shape index (κ3) is 3.21. The fraction of sp³-hybridized carbons (Fsp3) is 0.588. The minimum absolute atomic E-state index is 0.0593. The molecular formula is C17H24BrNO3Si. The molecule has 0 radical (unpaired) electrons. The number of hydrogen-bond donors (Lipinski definition) is 0. The smallest absolute Gasteiger partial charge is 0.192 e. The van der Waals surface area contributed by atoms with Gasteiger partial charge in [-0.05, 0) is 36.3 Å². The first-order valence-electron chi connectivity index (χ1n) is 7.99. The van der Waals surface area contributed by atoms with Crippen LogP contribution in [0.15, 0.2) is 27.8 Å². The number of benzene rings is 1. The third-order valence-electron chi connectivity index (χ3n) is 5.14. The molecule has 0 fully saturated rings. The van der Waals surface area contributed by atoms with Crippen molar-refractivity contribution in [2.24, 2.45) is 11.1 Å². The van der Waals surface area contributed by atoms with Gasteiger partial charge in [-0.25, -0.2) is 0 Å². The van der Waals surface area contributed by atoms with Gasteiger partial charge in [0, 0.05) is 10.0 Å². The van der Waals surface area contributed by atoms with Gasteiger partial charge in [-0.2, -0.15) is 0 Å². The average Bonchev–Trinajstić information content (AvgIpc) is 2.87. The Morgan fingerprint density at radius 2 is 2.09 bits per heavy atom. The van der Waals surface area contributed by atoms with Gasteiger partial charge in [-0.15, -0.1) is 0 Å². The Hall–Kier alpha value is -0.853. The summed E-state index contributed by atoms with van der Waals surface area (Å²) in [5.41, 5.74) is 2.02. The Labute approximate surface area is 147 Å². The number of hydrogen-bond acceptors (Lipinski definition) is 4. The number of halogens is 1. The Morgan fingerprint density at radius 3 is 2.78 bits per heavy atom. The molecule has 126 valence electrons. The summed E-state index contributed by atoms with van der Waals surface area (Å²) in [7, 11) is -1.79. The molecule has 4 nitrogen and oxygen atoms in total. The highest BCUT2D eigenvalue weighted by Crippen LogP contribution is 2.39. The zero-order valence-electron chi connectivity index (χ0n) is 14.4. The molecule has 0 aliphatic carbocycles. The standard InChI is InChI=1S/C17H24BrNO3Si/c1-17(2,3)23(4,5)21-10-15-13-9-20-14-8-11(18)6-7-12(14)16(13)19-22-15/h6-8,13,15H,9-10H2,1-5H3. The van der Waals surface area contributed by atoms with E-state index in [1.165, 1.54) is 0 Å². The minimum Gasteiger partial charge on any atom is -0.492 e. The highest BCUT2D eigenvalue weighted by molar-refractivity contribution is 9.10. The largest absolute Gasteiger partial charge is 0.492 e. The lowest BCUT2D eigenvalue weighted by atomic mass is 9.91. The molecule has 1 aromatic rings. The summed E-state index contributed by atoms with van der Waals surface area (Å²) >= 11 is 3.47. The number of ether oxygens (including phenoxy) is 1. The van der Waals surface area contributed by atoms with E-state index in [-0.39, 0.29) is 17.1 Å². The van der Waals surface area contributed by atoms with Gasteiger partial charge < -0.3 is 14.0 Å². The highest BCUT2D eigenvalue weighted by atomic mass is 79.9. The maximum absolute atomic E-state index is 6.31. The zero-order valence-corrected chi connectivity index (χ0v) is 16.9. The van der Waals surface area contributed by atoms with Crippen LogP contribution < -0.4 is 4.74 Å². The van der Waals surface area contributed by atoms with E-state index in [2.05, 4.69) is 55.0 Å². The molecule has 1 aromatic carbocycles. The monoisotopic (exact) mass is 397 g/mol. The summed E-state index contributed by atoms with van der Waals surface area (Å²) in [6.07, 6.45) is -0.0593. The molecule has 0 saturated carbocycles. The Kier molecular flexibility index (Phi) is 4.36. The van der Waals surface area contributed by atoms with Crippen molar-refractivity contribution in [2.75, 3.05) is 13.2 Å². The second kappa shape index (κ2) is 5.90. The van der Waals surface area contributed by atoms with Crippen LogP contribution in [-0.4, -0.2) is 33.3 Å². The maximum atomic E-state index is 6.31. The maximum Gasteiger partial charge on any atom is 0.192 e. The third-order valence-corrected chi connectivity index (χ3v) is 10.1. The first kappa shape index (κ1) is 17.0. The van der Waals surface area contributed by atoms with Gasteiger partial charge in [0.15, 0.2) is 14.4 Å². The molecule has 0 saturated heterocycles. The Balaban J connectivity index is 1.71. The van der Waals surface area contributed by atoms with Crippen LogP contribution in [0.4, 0.5) is 0 Å². The van der Waals surface area contributed by atoms with Gasteiger partial charge in [0.05, 0.1) is 12.5 Å². The summed E-state index contributed by atoms with van der Waals surface area (Å²) in [5, 5.41) is 4.52. The van der Waals surface area contributed by atoms with E-state index >= 15 is 0 Å². The van der Waals surface area contributed by atoms with Crippen molar-refractivity contribution in [3.05, 3.63) is 28.2 Å². The predicted octanol–water partition coefficient (Wildman–Crippen LogP) is 4.58. The lowest BCUT2D eigenvalue weighted by molar-refractivity contribution is 0.0120. The minimum atomic E-state index is -1.79. The molecule has 0 bridgehead atoms. The number of nitrogens with zero attached hydrogens (tertiary/aromatic N) is 1. The van der Waals surface area contributed by atoms with Crippen LogP contribution in [0.5, 0.6) is 5.75 Å². The molecule has 2 aliphatic heterocycles. The predicted molar refractivity (Wildman–Crippen MR) is 97.7 cm³/mol. The molecule has 0 amide bonds. The zero-order chi connectivity index (χ0) is 16.8. The topological polar surface area (TPSA) is 40.0 Å². The van der Waals surface area contributed by atoms with Gasteiger partial charge >= 0.3 is 0 Å². The van der Waals surface area contributed by atoms with E-state index in [0.29, 0.717) is 13.2 Å². The van der Waals surface area contributed by atoms with Gasteiger partial charge in [0.1, 0.15) is 18.1 Å². The Morgan fingerprint density at radius 1 is 1.35 bits per heavy atom. The first-order chi connectivity index (χ1) is 10.7. The van der Waals surface area contributed by atoms with Crippen molar-refractivity contribution in [2.45, 2.75) is 45.0 Å². The van der Waals surface area contributed by atoms with Crippen LogP contribution in [-0.2, 0) is 9.26 Å². The van der Waals surface area contributed by atoms with Crippen molar-refractivity contribution < 1.29 is 14.0 Å². The molecule has 0 spiro atoms.